The molecule has 1 saturated heterocycles. The molecule has 1 aliphatic rings. The van der Waals surface area contributed by atoms with Crippen molar-refractivity contribution in [1.82, 2.24) is 10.3 Å². The van der Waals surface area contributed by atoms with E-state index in [4.69, 9.17) is 0 Å². The van der Waals surface area contributed by atoms with Gasteiger partial charge in [-0.15, -0.1) is 0 Å². The van der Waals surface area contributed by atoms with Crippen molar-refractivity contribution in [3.8, 4) is 0 Å². The number of hydrogen-bond acceptors (Lipinski definition) is 5. The van der Waals surface area contributed by atoms with Crippen molar-refractivity contribution in [2.75, 3.05) is 29.5 Å². The van der Waals surface area contributed by atoms with Crippen LogP contribution in [0.1, 0.15) is 43.5 Å². The van der Waals surface area contributed by atoms with Crippen LogP contribution in [0.3, 0.4) is 0 Å². The maximum Gasteiger partial charge on any atom is 0.253 e. The lowest BCUT2D eigenvalue weighted by atomic mass is 10.2. The maximum atomic E-state index is 12.2. The summed E-state index contributed by atoms with van der Waals surface area (Å²) in [5.41, 5.74) is 0.464. The average molecular weight is 339 g/mol. The molecule has 0 aromatic carbocycles. The van der Waals surface area contributed by atoms with Crippen LogP contribution in [0.2, 0.25) is 0 Å². The van der Waals surface area contributed by atoms with E-state index in [2.05, 4.69) is 29.0 Å². The number of anilines is 1. The molecule has 1 fully saturated rings. The Hall–Kier alpha value is -1.63. The predicted octanol–water partition coefficient (Wildman–Crippen LogP) is 1.62. The van der Waals surface area contributed by atoms with Gasteiger partial charge in [-0.1, -0.05) is 13.8 Å². The Kier molecular flexibility index (Phi) is 5.98. The Morgan fingerprint density at radius 2 is 2.00 bits per heavy atom. The minimum atomic E-state index is -2.99. The van der Waals surface area contributed by atoms with Gasteiger partial charge in [0.2, 0.25) is 0 Å². The average Bonchev–Trinajstić information content (AvgIpc) is 2.86. The van der Waals surface area contributed by atoms with Crippen molar-refractivity contribution in [2.45, 2.75) is 39.2 Å². The van der Waals surface area contributed by atoms with Crippen LogP contribution >= 0.6 is 0 Å². The van der Waals surface area contributed by atoms with Crippen molar-refractivity contribution in [3.63, 3.8) is 0 Å². The second-order valence-electron chi connectivity index (χ2n) is 5.97. The topological polar surface area (TPSA) is 79.4 Å². The van der Waals surface area contributed by atoms with Crippen LogP contribution in [-0.2, 0) is 9.84 Å². The highest BCUT2D eigenvalue weighted by Gasteiger charge is 2.29. The predicted molar refractivity (Wildman–Crippen MR) is 91.6 cm³/mol. The first-order valence-electron chi connectivity index (χ1n) is 8.17. The van der Waals surface area contributed by atoms with E-state index in [0.29, 0.717) is 12.0 Å². The molecule has 0 aliphatic carbocycles. The van der Waals surface area contributed by atoms with Crippen LogP contribution in [0, 0.1) is 0 Å². The second-order valence-corrected chi connectivity index (χ2v) is 8.19. The Balaban J connectivity index is 1.99. The number of amides is 1. The summed E-state index contributed by atoms with van der Waals surface area (Å²) in [5.74, 6) is 0.792. The Morgan fingerprint density at radius 3 is 2.48 bits per heavy atom. The van der Waals surface area contributed by atoms with Gasteiger partial charge in [-0.05, 0) is 31.4 Å². The number of carbonyl (C=O) groups is 1. The fourth-order valence-electron chi connectivity index (χ4n) is 2.77. The summed E-state index contributed by atoms with van der Waals surface area (Å²) in [7, 11) is -2.99. The van der Waals surface area contributed by atoms with Crippen molar-refractivity contribution in [3.05, 3.63) is 23.9 Å². The molecular weight excluding hydrogens is 314 g/mol. The van der Waals surface area contributed by atoms with Gasteiger partial charge in [0.25, 0.3) is 5.91 Å². The van der Waals surface area contributed by atoms with Gasteiger partial charge in [0.05, 0.1) is 17.1 Å². The molecular formula is C16H25N3O3S. The SMILES string of the molecule is CCCN(CCC)c1ccc(C(=O)NC2CCS(=O)(=O)C2)cn1. The molecule has 0 saturated carbocycles. The van der Waals surface area contributed by atoms with E-state index >= 15 is 0 Å². The molecule has 0 bridgehead atoms. The summed E-state index contributed by atoms with van der Waals surface area (Å²) in [6.07, 6.45) is 4.13. The Morgan fingerprint density at radius 1 is 1.30 bits per heavy atom. The third-order valence-electron chi connectivity index (χ3n) is 3.89. The van der Waals surface area contributed by atoms with Gasteiger partial charge >= 0.3 is 0 Å². The number of pyridine rings is 1. The zero-order chi connectivity index (χ0) is 16.9. The quantitative estimate of drug-likeness (QED) is 0.817. The molecule has 0 spiro atoms. The third kappa shape index (κ3) is 4.92. The summed E-state index contributed by atoms with van der Waals surface area (Å²) in [4.78, 5) is 18.8. The molecule has 0 radical (unpaired) electrons. The van der Waals surface area contributed by atoms with E-state index in [0.717, 1.165) is 31.7 Å². The van der Waals surface area contributed by atoms with Crippen LogP contribution in [0.25, 0.3) is 0 Å². The highest BCUT2D eigenvalue weighted by atomic mass is 32.2. The fraction of sp³-hybridized carbons (Fsp3) is 0.625. The highest BCUT2D eigenvalue weighted by Crippen LogP contribution is 2.14. The van der Waals surface area contributed by atoms with Crippen LogP contribution in [-0.4, -0.2) is 49.9 Å². The van der Waals surface area contributed by atoms with Gasteiger partial charge in [0.15, 0.2) is 9.84 Å². The van der Waals surface area contributed by atoms with E-state index in [1.807, 2.05) is 6.07 Å². The van der Waals surface area contributed by atoms with Crippen molar-refractivity contribution in [1.29, 1.82) is 0 Å². The first-order chi connectivity index (χ1) is 10.9. The maximum absolute atomic E-state index is 12.2. The number of carbonyl (C=O) groups excluding carboxylic acids is 1. The standard InChI is InChI=1S/C16H25N3O3S/c1-3-8-19(9-4-2)15-6-5-13(11-17-15)16(20)18-14-7-10-23(21,22)12-14/h5-6,11,14H,3-4,7-10,12H2,1-2H3,(H,18,20). The fourth-order valence-corrected chi connectivity index (χ4v) is 4.44. The van der Waals surface area contributed by atoms with E-state index in [-0.39, 0.29) is 23.5 Å². The van der Waals surface area contributed by atoms with Crippen LogP contribution in [0.15, 0.2) is 18.3 Å². The second kappa shape index (κ2) is 7.77. The Labute approximate surface area is 138 Å². The zero-order valence-electron chi connectivity index (χ0n) is 13.8. The van der Waals surface area contributed by atoms with Crippen LogP contribution in [0.4, 0.5) is 5.82 Å². The molecule has 23 heavy (non-hydrogen) atoms. The number of aromatic nitrogens is 1. The number of nitrogens with zero attached hydrogens (tertiary/aromatic N) is 2. The lowest BCUT2D eigenvalue weighted by molar-refractivity contribution is 0.0941. The number of rotatable bonds is 7. The normalized spacial score (nSPS) is 19.5. The molecule has 1 aliphatic heterocycles. The summed E-state index contributed by atoms with van der Waals surface area (Å²) in [6, 6.07) is 3.31. The van der Waals surface area contributed by atoms with Gasteiger partial charge in [-0.3, -0.25) is 4.79 Å². The number of nitrogens with one attached hydrogen (secondary N) is 1. The molecule has 2 heterocycles. The molecule has 1 unspecified atom stereocenters. The third-order valence-corrected chi connectivity index (χ3v) is 5.66. The van der Waals surface area contributed by atoms with E-state index in [1.54, 1.807) is 12.3 Å². The molecule has 6 nitrogen and oxygen atoms in total. The largest absolute Gasteiger partial charge is 0.357 e. The molecule has 7 heteroatoms. The first kappa shape index (κ1) is 17.7. The van der Waals surface area contributed by atoms with Gasteiger partial charge in [0.1, 0.15) is 5.82 Å². The summed E-state index contributed by atoms with van der Waals surface area (Å²) in [5, 5.41) is 2.78. The van der Waals surface area contributed by atoms with Gasteiger partial charge in [-0.25, -0.2) is 13.4 Å². The molecule has 1 amide bonds. The lowest BCUT2D eigenvalue weighted by Crippen LogP contribution is -2.35. The summed E-state index contributed by atoms with van der Waals surface area (Å²) in [6.45, 7) is 6.12. The molecule has 1 aromatic rings. The van der Waals surface area contributed by atoms with Crippen molar-refractivity contribution >= 4 is 21.6 Å². The minimum absolute atomic E-state index is 0.0328. The van der Waals surface area contributed by atoms with Crippen LogP contribution < -0.4 is 10.2 Å². The van der Waals surface area contributed by atoms with E-state index in [1.165, 1.54) is 0 Å². The van der Waals surface area contributed by atoms with Crippen molar-refractivity contribution in [2.24, 2.45) is 0 Å². The molecule has 1 atom stereocenters. The first-order valence-corrected chi connectivity index (χ1v) is 9.99. The van der Waals surface area contributed by atoms with E-state index in [9.17, 15) is 13.2 Å². The van der Waals surface area contributed by atoms with Gasteiger partial charge in [0, 0.05) is 25.3 Å². The molecule has 128 valence electrons. The Bertz CT molecular complexity index is 622. The van der Waals surface area contributed by atoms with Crippen LogP contribution in [0.5, 0.6) is 0 Å². The highest BCUT2D eigenvalue weighted by molar-refractivity contribution is 7.91. The van der Waals surface area contributed by atoms with Gasteiger partial charge in [-0.2, -0.15) is 0 Å². The molecule has 2 rings (SSSR count). The van der Waals surface area contributed by atoms with Crippen molar-refractivity contribution < 1.29 is 13.2 Å². The zero-order valence-corrected chi connectivity index (χ0v) is 14.6. The summed E-state index contributed by atoms with van der Waals surface area (Å²) < 4.78 is 22.9. The summed E-state index contributed by atoms with van der Waals surface area (Å²) >= 11 is 0. The lowest BCUT2D eigenvalue weighted by Gasteiger charge is -2.22. The molecule has 1 aromatic heterocycles. The smallest absolute Gasteiger partial charge is 0.253 e. The number of sulfone groups is 1. The molecule has 1 N–H and O–H groups in total. The monoisotopic (exact) mass is 339 g/mol. The number of hydrogen-bond donors (Lipinski definition) is 1. The van der Waals surface area contributed by atoms with Gasteiger partial charge < -0.3 is 10.2 Å². The minimum Gasteiger partial charge on any atom is -0.357 e. The van der Waals surface area contributed by atoms with E-state index < -0.39 is 9.84 Å².